The van der Waals surface area contributed by atoms with Gasteiger partial charge in [0.2, 0.25) is 0 Å². The Kier molecular flexibility index (Phi) is 5.31. The summed E-state index contributed by atoms with van der Waals surface area (Å²) in [7, 11) is 0. The number of nitrogens with two attached hydrogens (primary N) is 1. The van der Waals surface area contributed by atoms with Gasteiger partial charge in [-0.1, -0.05) is 42.5 Å². The molecule has 0 atom stereocenters. The van der Waals surface area contributed by atoms with E-state index in [0.29, 0.717) is 12.1 Å². The smallest absolute Gasteiger partial charge is 0.0991 e. The first-order valence-electron chi connectivity index (χ1n) is 6.77. The van der Waals surface area contributed by atoms with Gasteiger partial charge in [0, 0.05) is 26.2 Å². The van der Waals surface area contributed by atoms with Crippen molar-refractivity contribution >= 4 is 0 Å². The molecule has 102 valence electrons. The van der Waals surface area contributed by atoms with Crippen LogP contribution in [-0.4, -0.2) is 18.0 Å². The largest absolute Gasteiger partial charge is 0.329 e. The SMILES string of the molecule is N#Cc1ccc(CN(CCN)Cc2ccccc2)cc1. The van der Waals surface area contributed by atoms with Crippen LogP contribution in [0.15, 0.2) is 54.6 Å². The van der Waals surface area contributed by atoms with Crippen LogP contribution in [0.5, 0.6) is 0 Å². The Morgan fingerprint density at radius 2 is 1.50 bits per heavy atom. The fraction of sp³-hybridized carbons (Fsp3) is 0.235. The molecule has 2 N–H and O–H groups in total. The molecular weight excluding hydrogens is 246 g/mol. The van der Waals surface area contributed by atoms with Crippen LogP contribution in [-0.2, 0) is 13.1 Å². The minimum atomic E-state index is 0.642. The van der Waals surface area contributed by atoms with Crippen molar-refractivity contribution in [2.45, 2.75) is 13.1 Å². The van der Waals surface area contributed by atoms with Gasteiger partial charge >= 0.3 is 0 Å². The van der Waals surface area contributed by atoms with Crippen molar-refractivity contribution in [1.82, 2.24) is 4.90 Å². The van der Waals surface area contributed by atoms with Crippen LogP contribution in [0.25, 0.3) is 0 Å². The Hall–Kier alpha value is -2.15. The lowest BCUT2D eigenvalue weighted by molar-refractivity contribution is 0.264. The molecule has 2 aromatic rings. The second-order valence-electron chi connectivity index (χ2n) is 4.79. The van der Waals surface area contributed by atoms with Crippen molar-refractivity contribution in [2.24, 2.45) is 5.73 Å². The zero-order valence-corrected chi connectivity index (χ0v) is 11.5. The summed E-state index contributed by atoms with van der Waals surface area (Å²) in [5, 5.41) is 8.81. The first-order valence-corrected chi connectivity index (χ1v) is 6.77. The normalized spacial score (nSPS) is 10.4. The summed E-state index contributed by atoms with van der Waals surface area (Å²) < 4.78 is 0. The molecule has 0 aromatic heterocycles. The second-order valence-corrected chi connectivity index (χ2v) is 4.79. The monoisotopic (exact) mass is 265 g/mol. The van der Waals surface area contributed by atoms with Gasteiger partial charge in [-0.2, -0.15) is 5.26 Å². The molecular formula is C17H19N3. The maximum Gasteiger partial charge on any atom is 0.0991 e. The molecule has 20 heavy (non-hydrogen) atoms. The molecule has 0 unspecified atom stereocenters. The highest BCUT2D eigenvalue weighted by Crippen LogP contribution is 2.10. The second kappa shape index (κ2) is 7.44. The number of hydrogen-bond donors (Lipinski definition) is 1. The molecule has 0 bridgehead atoms. The lowest BCUT2D eigenvalue weighted by atomic mass is 10.1. The van der Waals surface area contributed by atoms with Crippen molar-refractivity contribution in [3.05, 3.63) is 71.3 Å². The van der Waals surface area contributed by atoms with Gasteiger partial charge in [-0.25, -0.2) is 0 Å². The molecule has 0 saturated carbocycles. The molecule has 3 nitrogen and oxygen atoms in total. The third-order valence-electron chi connectivity index (χ3n) is 3.18. The summed E-state index contributed by atoms with van der Waals surface area (Å²) in [5.41, 5.74) is 8.88. The van der Waals surface area contributed by atoms with E-state index in [0.717, 1.165) is 19.6 Å². The minimum Gasteiger partial charge on any atom is -0.329 e. The molecule has 0 aliphatic heterocycles. The Labute approximate surface area is 120 Å². The third kappa shape index (κ3) is 4.20. The molecule has 0 aliphatic rings. The average Bonchev–Trinajstić information content (AvgIpc) is 2.49. The summed E-state index contributed by atoms with van der Waals surface area (Å²) in [6, 6.07) is 20.3. The average molecular weight is 265 g/mol. The maximum absolute atomic E-state index is 8.81. The van der Waals surface area contributed by atoms with Crippen molar-refractivity contribution in [3.63, 3.8) is 0 Å². The molecule has 0 amide bonds. The van der Waals surface area contributed by atoms with Crippen LogP contribution in [0.1, 0.15) is 16.7 Å². The van der Waals surface area contributed by atoms with Crippen molar-refractivity contribution in [2.75, 3.05) is 13.1 Å². The molecule has 2 aromatic carbocycles. The summed E-state index contributed by atoms with van der Waals surface area (Å²) in [6.07, 6.45) is 0. The van der Waals surface area contributed by atoms with E-state index >= 15 is 0 Å². The number of benzene rings is 2. The van der Waals surface area contributed by atoms with Crippen LogP contribution < -0.4 is 5.73 Å². The van der Waals surface area contributed by atoms with Crippen molar-refractivity contribution in [1.29, 1.82) is 5.26 Å². The van der Waals surface area contributed by atoms with E-state index in [4.69, 9.17) is 11.0 Å². The highest BCUT2D eigenvalue weighted by Gasteiger charge is 2.06. The zero-order chi connectivity index (χ0) is 14.2. The first-order chi connectivity index (χ1) is 9.81. The van der Waals surface area contributed by atoms with Gasteiger partial charge in [-0.3, -0.25) is 4.90 Å². The molecule has 3 heteroatoms. The molecule has 0 heterocycles. The predicted octanol–water partition coefficient (Wildman–Crippen LogP) is 2.52. The first kappa shape index (κ1) is 14.3. The highest BCUT2D eigenvalue weighted by molar-refractivity contribution is 5.31. The number of hydrogen-bond acceptors (Lipinski definition) is 3. The summed E-state index contributed by atoms with van der Waals surface area (Å²) in [6.45, 7) is 3.23. The van der Waals surface area contributed by atoms with E-state index in [-0.39, 0.29) is 0 Å². The van der Waals surface area contributed by atoms with E-state index in [1.165, 1.54) is 11.1 Å². The molecule has 0 saturated heterocycles. The fourth-order valence-corrected chi connectivity index (χ4v) is 2.18. The lowest BCUT2D eigenvalue weighted by Gasteiger charge is -2.21. The van der Waals surface area contributed by atoms with Crippen LogP contribution >= 0.6 is 0 Å². The van der Waals surface area contributed by atoms with Crippen LogP contribution in [0.2, 0.25) is 0 Å². The van der Waals surface area contributed by atoms with E-state index < -0.39 is 0 Å². The third-order valence-corrected chi connectivity index (χ3v) is 3.18. The Bertz CT molecular complexity index is 555. The maximum atomic E-state index is 8.81. The van der Waals surface area contributed by atoms with Gasteiger partial charge in [-0.15, -0.1) is 0 Å². The minimum absolute atomic E-state index is 0.642. The molecule has 0 fully saturated rings. The Balaban J connectivity index is 2.03. The van der Waals surface area contributed by atoms with E-state index in [9.17, 15) is 0 Å². The van der Waals surface area contributed by atoms with Gasteiger partial charge in [0.05, 0.1) is 11.6 Å². The number of rotatable bonds is 6. The van der Waals surface area contributed by atoms with Crippen LogP contribution in [0, 0.1) is 11.3 Å². The van der Waals surface area contributed by atoms with Gasteiger partial charge in [0.1, 0.15) is 0 Å². The predicted molar refractivity (Wildman–Crippen MR) is 80.8 cm³/mol. The summed E-state index contributed by atoms with van der Waals surface area (Å²) in [5.74, 6) is 0. The van der Waals surface area contributed by atoms with Gasteiger partial charge in [0.25, 0.3) is 0 Å². The van der Waals surface area contributed by atoms with E-state index in [1.807, 2.05) is 30.3 Å². The van der Waals surface area contributed by atoms with Gasteiger partial charge in [0.15, 0.2) is 0 Å². The van der Waals surface area contributed by atoms with E-state index in [1.54, 1.807) is 0 Å². The summed E-state index contributed by atoms with van der Waals surface area (Å²) in [4.78, 5) is 2.32. The molecule has 0 aliphatic carbocycles. The van der Waals surface area contributed by atoms with Crippen molar-refractivity contribution in [3.8, 4) is 6.07 Å². The molecule has 0 spiro atoms. The fourth-order valence-electron chi connectivity index (χ4n) is 2.18. The van der Waals surface area contributed by atoms with Crippen LogP contribution in [0.3, 0.4) is 0 Å². The molecule has 0 radical (unpaired) electrons. The van der Waals surface area contributed by atoms with Crippen LogP contribution in [0.4, 0.5) is 0 Å². The number of nitrogens with zero attached hydrogens (tertiary/aromatic N) is 2. The molecule has 2 rings (SSSR count). The quantitative estimate of drug-likeness (QED) is 0.873. The lowest BCUT2D eigenvalue weighted by Crippen LogP contribution is -2.28. The Morgan fingerprint density at radius 3 is 2.05 bits per heavy atom. The van der Waals surface area contributed by atoms with Gasteiger partial charge < -0.3 is 5.73 Å². The Morgan fingerprint density at radius 1 is 0.900 bits per heavy atom. The van der Waals surface area contributed by atoms with E-state index in [2.05, 4.69) is 35.2 Å². The zero-order valence-electron chi connectivity index (χ0n) is 11.5. The van der Waals surface area contributed by atoms with Gasteiger partial charge in [-0.05, 0) is 23.3 Å². The number of nitriles is 1. The topological polar surface area (TPSA) is 53.0 Å². The standard InChI is InChI=1S/C17H19N3/c18-10-11-20(13-16-4-2-1-3-5-16)14-17-8-6-15(12-19)7-9-17/h1-9H,10-11,13-14,18H2. The van der Waals surface area contributed by atoms with Crippen molar-refractivity contribution < 1.29 is 0 Å². The highest BCUT2D eigenvalue weighted by atomic mass is 15.1. The summed E-state index contributed by atoms with van der Waals surface area (Å²) >= 11 is 0.